The van der Waals surface area contributed by atoms with Crippen LogP contribution in [-0.4, -0.2) is 30.6 Å². The summed E-state index contributed by atoms with van der Waals surface area (Å²) in [5, 5.41) is 2.01. The van der Waals surface area contributed by atoms with Crippen molar-refractivity contribution in [3.63, 3.8) is 0 Å². The first-order valence-corrected chi connectivity index (χ1v) is 9.30. The standard InChI is InChI=1S/C19H23NO3S/c1-3-22-17-10-14-7-8-20(13-15(14)11-18(17)23-4-2)19(21)12-16-6-5-9-24-16/h5-6,9-11H,3-4,7-8,12-13H2,1-2H3. The van der Waals surface area contributed by atoms with E-state index in [9.17, 15) is 4.79 Å². The van der Waals surface area contributed by atoms with Gasteiger partial charge in [0.05, 0.1) is 19.6 Å². The second kappa shape index (κ2) is 7.71. The molecule has 1 aliphatic heterocycles. The first kappa shape index (κ1) is 16.8. The number of thiophene rings is 1. The number of rotatable bonds is 6. The number of hydrogen-bond acceptors (Lipinski definition) is 4. The fraction of sp³-hybridized carbons (Fsp3) is 0.421. The fourth-order valence-electron chi connectivity index (χ4n) is 2.99. The van der Waals surface area contributed by atoms with Gasteiger partial charge >= 0.3 is 0 Å². The van der Waals surface area contributed by atoms with E-state index in [1.807, 2.05) is 42.3 Å². The summed E-state index contributed by atoms with van der Waals surface area (Å²) in [6, 6.07) is 8.11. The van der Waals surface area contributed by atoms with Gasteiger partial charge < -0.3 is 14.4 Å². The molecule has 0 unspecified atom stereocenters. The van der Waals surface area contributed by atoms with Crippen LogP contribution in [0.3, 0.4) is 0 Å². The molecule has 0 spiro atoms. The Bertz CT molecular complexity index is 697. The van der Waals surface area contributed by atoms with Crippen LogP contribution >= 0.6 is 11.3 Å². The number of hydrogen-bond donors (Lipinski definition) is 0. The van der Waals surface area contributed by atoms with Crippen LogP contribution in [0.15, 0.2) is 29.6 Å². The Kier molecular flexibility index (Phi) is 5.41. The Morgan fingerprint density at radius 2 is 1.88 bits per heavy atom. The molecule has 0 saturated heterocycles. The Morgan fingerprint density at radius 3 is 2.50 bits per heavy atom. The van der Waals surface area contributed by atoms with Crippen LogP contribution in [0.2, 0.25) is 0 Å². The van der Waals surface area contributed by atoms with Crippen molar-refractivity contribution in [3.8, 4) is 11.5 Å². The van der Waals surface area contributed by atoms with Crippen molar-refractivity contribution in [2.24, 2.45) is 0 Å². The van der Waals surface area contributed by atoms with Gasteiger partial charge in [0, 0.05) is 18.0 Å². The van der Waals surface area contributed by atoms with Crippen molar-refractivity contribution in [1.29, 1.82) is 0 Å². The SMILES string of the molecule is CCOc1cc2c(cc1OCC)CN(C(=O)Cc1cccs1)CC2. The van der Waals surface area contributed by atoms with E-state index in [0.29, 0.717) is 26.2 Å². The highest BCUT2D eigenvalue weighted by Crippen LogP contribution is 2.34. The van der Waals surface area contributed by atoms with Gasteiger partial charge in [0.15, 0.2) is 11.5 Å². The van der Waals surface area contributed by atoms with E-state index in [2.05, 4.69) is 6.07 Å². The smallest absolute Gasteiger partial charge is 0.228 e. The van der Waals surface area contributed by atoms with Gasteiger partial charge in [0.25, 0.3) is 0 Å². The molecule has 2 heterocycles. The summed E-state index contributed by atoms with van der Waals surface area (Å²) in [6.45, 7) is 6.55. The number of ether oxygens (including phenoxy) is 2. The predicted molar refractivity (Wildman–Crippen MR) is 95.9 cm³/mol. The van der Waals surface area contributed by atoms with Crippen LogP contribution in [0, 0.1) is 0 Å². The molecule has 1 aliphatic rings. The first-order valence-electron chi connectivity index (χ1n) is 8.42. The van der Waals surface area contributed by atoms with Crippen molar-refractivity contribution in [3.05, 3.63) is 45.6 Å². The van der Waals surface area contributed by atoms with E-state index < -0.39 is 0 Å². The summed E-state index contributed by atoms with van der Waals surface area (Å²) in [6.07, 6.45) is 1.35. The minimum Gasteiger partial charge on any atom is -0.490 e. The van der Waals surface area contributed by atoms with E-state index in [1.54, 1.807) is 11.3 Å². The highest BCUT2D eigenvalue weighted by molar-refractivity contribution is 7.10. The van der Waals surface area contributed by atoms with Gasteiger partial charge in [-0.3, -0.25) is 4.79 Å². The molecule has 1 aromatic carbocycles. The van der Waals surface area contributed by atoms with E-state index in [1.165, 1.54) is 5.56 Å². The van der Waals surface area contributed by atoms with Gasteiger partial charge in [0.2, 0.25) is 5.91 Å². The molecule has 24 heavy (non-hydrogen) atoms. The molecule has 128 valence electrons. The third kappa shape index (κ3) is 3.73. The Balaban J connectivity index is 1.76. The quantitative estimate of drug-likeness (QED) is 0.802. The lowest BCUT2D eigenvalue weighted by molar-refractivity contribution is -0.131. The largest absolute Gasteiger partial charge is 0.490 e. The number of nitrogens with zero attached hydrogens (tertiary/aromatic N) is 1. The number of fused-ring (bicyclic) bond motifs is 1. The summed E-state index contributed by atoms with van der Waals surface area (Å²) >= 11 is 1.63. The maximum absolute atomic E-state index is 12.5. The van der Waals surface area contributed by atoms with E-state index in [-0.39, 0.29) is 5.91 Å². The Morgan fingerprint density at radius 1 is 1.17 bits per heavy atom. The molecule has 0 N–H and O–H groups in total. The molecular weight excluding hydrogens is 322 g/mol. The average Bonchev–Trinajstić information content (AvgIpc) is 3.08. The molecule has 3 rings (SSSR count). The topological polar surface area (TPSA) is 38.8 Å². The number of carbonyl (C=O) groups is 1. The molecule has 5 heteroatoms. The van der Waals surface area contributed by atoms with Gasteiger partial charge in [-0.15, -0.1) is 11.3 Å². The lowest BCUT2D eigenvalue weighted by atomic mass is 9.98. The molecule has 0 bridgehead atoms. The summed E-state index contributed by atoms with van der Waals surface area (Å²) < 4.78 is 11.4. The number of carbonyl (C=O) groups excluding carboxylic acids is 1. The summed E-state index contributed by atoms with van der Waals surface area (Å²) in [5.41, 5.74) is 2.41. The molecule has 4 nitrogen and oxygen atoms in total. The number of amides is 1. The first-order chi connectivity index (χ1) is 11.7. The van der Waals surface area contributed by atoms with Gasteiger partial charge in [-0.05, 0) is 55.0 Å². The molecular formula is C19H23NO3S. The molecule has 0 saturated carbocycles. The van der Waals surface area contributed by atoms with Crippen LogP contribution in [0.4, 0.5) is 0 Å². The van der Waals surface area contributed by atoms with Crippen LogP contribution in [0.1, 0.15) is 29.9 Å². The monoisotopic (exact) mass is 345 g/mol. The lowest BCUT2D eigenvalue weighted by Gasteiger charge is -2.30. The van der Waals surface area contributed by atoms with Crippen LogP contribution in [0.5, 0.6) is 11.5 Å². The third-order valence-corrected chi connectivity index (χ3v) is 5.01. The molecule has 0 atom stereocenters. The van der Waals surface area contributed by atoms with Gasteiger partial charge in [0.1, 0.15) is 0 Å². The van der Waals surface area contributed by atoms with Crippen molar-refractivity contribution in [2.45, 2.75) is 33.2 Å². The highest BCUT2D eigenvalue weighted by Gasteiger charge is 2.23. The minimum absolute atomic E-state index is 0.190. The lowest BCUT2D eigenvalue weighted by Crippen LogP contribution is -2.36. The maximum Gasteiger partial charge on any atom is 0.228 e. The van der Waals surface area contributed by atoms with E-state index in [0.717, 1.165) is 34.9 Å². The van der Waals surface area contributed by atoms with Crippen LogP contribution in [-0.2, 0) is 24.2 Å². The Labute approximate surface area is 147 Å². The molecule has 0 aliphatic carbocycles. The van der Waals surface area contributed by atoms with Crippen LogP contribution < -0.4 is 9.47 Å². The maximum atomic E-state index is 12.5. The zero-order valence-electron chi connectivity index (χ0n) is 14.2. The zero-order chi connectivity index (χ0) is 16.9. The van der Waals surface area contributed by atoms with Crippen molar-refractivity contribution < 1.29 is 14.3 Å². The fourth-order valence-corrected chi connectivity index (χ4v) is 3.68. The third-order valence-electron chi connectivity index (χ3n) is 4.14. The second-order valence-corrected chi connectivity index (χ2v) is 6.79. The van der Waals surface area contributed by atoms with Gasteiger partial charge in [-0.2, -0.15) is 0 Å². The molecule has 2 aromatic rings. The summed E-state index contributed by atoms with van der Waals surface area (Å²) in [5.74, 6) is 1.76. The summed E-state index contributed by atoms with van der Waals surface area (Å²) in [7, 11) is 0. The molecule has 1 amide bonds. The van der Waals surface area contributed by atoms with E-state index in [4.69, 9.17) is 9.47 Å². The second-order valence-electron chi connectivity index (χ2n) is 5.76. The molecule has 0 radical (unpaired) electrons. The zero-order valence-corrected chi connectivity index (χ0v) is 15.0. The Hall–Kier alpha value is -2.01. The minimum atomic E-state index is 0.190. The normalized spacial score (nSPS) is 13.5. The van der Waals surface area contributed by atoms with Crippen molar-refractivity contribution in [2.75, 3.05) is 19.8 Å². The van der Waals surface area contributed by atoms with Gasteiger partial charge in [-0.25, -0.2) is 0 Å². The van der Waals surface area contributed by atoms with Crippen molar-refractivity contribution >= 4 is 17.2 Å². The van der Waals surface area contributed by atoms with E-state index >= 15 is 0 Å². The molecule has 0 fully saturated rings. The van der Waals surface area contributed by atoms with Crippen LogP contribution in [0.25, 0.3) is 0 Å². The predicted octanol–water partition coefficient (Wildman–Crippen LogP) is 3.67. The van der Waals surface area contributed by atoms with Crippen molar-refractivity contribution in [1.82, 2.24) is 4.90 Å². The average molecular weight is 345 g/mol. The molecule has 1 aromatic heterocycles. The number of benzene rings is 1. The highest BCUT2D eigenvalue weighted by atomic mass is 32.1. The van der Waals surface area contributed by atoms with Gasteiger partial charge in [-0.1, -0.05) is 6.07 Å². The summed E-state index contributed by atoms with van der Waals surface area (Å²) in [4.78, 5) is 15.6.